The Morgan fingerprint density at radius 3 is 2.17 bits per heavy atom. The number of anilines is 2. The Balaban J connectivity index is 3.19. The predicted octanol–water partition coefficient (Wildman–Crippen LogP) is 1.60. The van der Waals surface area contributed by atoms with Crippen LogP contribution >= 0.6 is 0 Å². The SMILES string of the molecule is COCCc1cc(NC(C)=O)ccc1N(OC(C)=O)OC(C)=O. The standard InChI is InChI=1S/C15H20N2O6/c1-10(18)16-14-5-6-15(13(9-14)7-8-21-4)17(22-11(2)19)23-12(3)20/h5-6,9H,7-8H2,1-4H3,(H,16,18). The molecule has 1 amide bonds. The van der Waals surface area contributed by atoms with E-state index < -0.39 is 11.9 Å². The van der Waals surface area contributed by atoms with Crippen molar-refractivity contribution >= 4 is 29.2 Å². The van der Waals surface area contributed by atoms with Crippen molar-refractivity contribution in [3.8, 4) is 0 Å². The zero-order valence-electron chi connectivity index (χ0n) is 13.5. The van der Waals surface area contributed by atoms with Gasteiger partial charge in [0.1, 0.15) is 5.69 Å². The van der Waals surface area contributed by atoms with E-state index in [9.17, 15) is 14.4 Å². The van der Waals surface area contributed by atoms with E-state index in [1.54, 1.807) is 25.3 Å². The second-order valence-corrected chi connectivity index (χ2v) is 4.69. The number of hydrogen-bond acceptors (Lipinski definition) is 7. The second-order valence-electron chi connectivity index (χ2n) is 4.69. The number of nitrogens with zero attached hydrogens (tertiary/aromatic N) is 1. The number of ether oxygens (including phenoxy) is 1. The van der Waals surface area contributed by atoms with Gasteiger partial charge in [0.05, 0.1) is 6.61 Å². The van der Waals surface area contributed by atoms with Crippen LogP contribution in [-0.4, -0.2) is 31.6 Å². The van der Waals surface area contributed by atoms with Gasteiger partial charge >= 0.3 is 11.9 Å². The third kappa shape index (κ3) is 6.35. The highest BCUT2D eigenvalue weighted by Gasteiger charge is 2.19. The van der Waals surface area contributed by atoms with Gasteiger partial charge in [-0.15, -0.1) is 0 Å². The van der Waals surface area contributed by atoms with Gasteiger partial charge in [0.15, 0.2) is 0 Å². The minimum Gasteiger partial charge on any atom is -0.384 e. The van der Waals surface area contributed by atoms with E-state index >= 15 is 0 Å². The van der Waals surface area contributed by atoms with Gasteiger partial charge in [0.25, 0.3) is 0 Å². The molecule has 0 bridgehead atoms. The first-order valence-corrected chi connectivity index (χ1v) is 6.90. The van der Waals surface area contributed by atoms with Gasteiger partial charge in [-0.2, -0.15) is 0 Å². The van der Waals surface area contributed by atoms with Gasteiger partial charge in [0.2, 0.25) is 5.91 Å². The third-order valence-corrected chi connectivity index (χ3v) is 2.60. The molecule has 0 aliphatic carbocycles. The molecule has 1 aromatic carbocycles. The maximum Gasteiger partial charge on any atom is 0.333 e. The van der Waals surface area contributed by atoms with E-state index in [-0.39, 0.29) is 5.91 Å². The average Bonchev–Trinajstić information content (AvgIpc) is 2.43. The number of rotatable bonds is 7. The van der Waals surface area contributed by atoms with E-state index in [2.05, 4.69) is 5.32 Å². The fraction of sp³-hybridized carbons (Fsp3) is 0.400. The molecule has 1 aromatic rings. The first-order chi connectivity index (χ1) is 10.8. The van der Waals surface area contributed by atoms with Crippen LogP contribution in [0.25, 0.3) is 0 Å². The molecule has 8 nitrogen and oxygen atoms in total. The number of amides is 1. The lowest BCUT2D eigenvalue weighted by atomic mass is 10.1. The third-order valence-electron chi connectivity index (χ3n) is 2.60. The van der Waals surface area contributed by atoms with Crippen molar-refractivity contribution in [1.82, 2.24) is 0 Å². The minimum atomic E-state index is -0.644. The lowest BCUT2D eigenvalue weighted by molar-refractivity contribution is -0.171. The molecule has 126 valence electrons. The van der Waals surface area contributed by atoms with Gasteiger partial charge in [-0.1, -0.05) is 0 Å². The van der Waals surface area contributed by atoms with E-state index in [4.69, 9.17) is 14.4 Å². The number of nitrogens with one attached hydrogen (secondary N) is 1. The quantitative estimate of drug-likeness (QED) is 0.761. The van der Waals surface area contributed by atoms with Gasteiger partial charge < -0.3 is 19.7 Å². The number of benzene rings is 1. The van der Waals surface area contributed by atoms with E-state index in [1.165, 1.54) is 20.8 Å². The second kappa shape index (κ2) is 8.74. The van der Waals surface area contributed by atoms with Crippen LogP contribution < -0.4 is 10.5 Å². The number of carbonyl (C=O) groups excluding carboxylic acids is 3. The molecule has 0 saturated carbocycles. The molecule has 0 aliphatic rings. The topological polar surface area (TPSA) is 94.2 Å². The van der Waals surface area contributed by atoms with Crippen LogP contribution in [0.15, 0.2) is 18.2 Å². The Morgan fingerprint density at radius 2 is 1.70 bits per heavy atom. The zero-order valence-corrected chi connectivity index (χ0v) is 13.5. The molecule has 0 unspecified atom stereocenters. The number of hydrogen-bond donors (Lipinski definition) is 1. The largest absolute Gasteiger partial charge is 0.384 e. The van der Waals surface area contributed by atoms with Crippen LogP contribution in [-0.2, 0) is 35.2 Å². The minimum absolute atomic E-state index is 0.215. The predicted molar refractivity (Wildman–Crippen MR) is 82.3 cm³/mol. The molecule has 0 radical (unpaired) electrons. The van der Waals surface area contributed by atoms with Crippen molar-refractivity contribution in [2.45, 2.75) is 27.2 Å². The monoisotopic (exact) mass is 324 g/mol. The molecule has 1 N–H and O–H groups in total. The maximum absolute atomic E-state index is 11.2. The molecule has 0 saturated heterocycles. The van der Waals surface area contributed by atoms with Crippen molar-refractivity contribution in [2.24, 2.45) is 0 Å². The fourth-order valence-electron chi connectivity index (χ4n) is 1.81. The molecule has 0 atom stereocenters. The molecule has 1 rings (SSSR count). The van der Waals surface area contributed by atoms with Gasteiger partial charge in [-0.25, -0.2) is 9.59 Å². The molecule has 0 fully saturated rings. The van der Waals surface area contributed by atoms with Gasteiger partial charge in [0, 0.05) is 33.6 Å². The Labute approximate surface area is 134 Å². The molecule has 0 spiro atoms. The summed E-state index contributed by atoms with van der Waals surface area (Å²) in [5, 5.41) is 3.41. The van der Waals surface area contributed by atoms with Gasteiger partial charge in [-0.3, -0.25) is 4.79 Å². The maximum atomic E-state index is 11.2. The summed E-state index contributed by atoms with van der Waals surface area (Å²) in [5.41, 5.74) is 1.60. The molecule has 0 aromatic heterocycles. The first kappa shape index (κ1) is 18.4. The fourth-order valence-corrected chi connectivity index (χ4v) is 1.81. The van der Waals surface area contributed by atoms with Crippen molar-refractivity contribution < 1.29 is 28.8 Å². The van der Waals surface area contributed by atoms with Crippen LogP contribution in [0.1, 0.15) is 26.3 Å². The van der Waals surface area contributed by atoms with Crippen LogP contribution in [0.3, 0.4) is 0 Å². The van der Waals surface area contributed by atoms with E-state index in [0.29, 0.717) is 30.0 Å². The van der Waals surface area contributed by atoms with Crippen molar-refractivity contribution in [1.29, 1.82) is 0 Å². The summed E-state index contributed by atoms with van der Waals surface area (Å²) < 4.78 is 5.04. The number of methoxy groups -OCH3 is 1. The Bertz CT molecular complexity index is 571. The molecule has 0 aliphatic heterocycles. The van der Waals surface area contributed by atoms with Crippen LogP contribution in [0.4, 0.5) is 11.4 Å². The molecular weight excluding hydrogens is 304 g/mol. The summed E-state index contributed by atoms with van der Waals surface area (Å²) in [4.78, 5) is 43.4. The Kier molecular flexibility index (Phi) is 7.01. The summed E-state index contributed by atoms with van der Waals surface area (Å²) >= 11 is 0. The van der Waals surface area contributed by atoms with Crippen LogP contribution in [0, 0.1) is 0 Å². The smallest absolute Gasteiger partial charge is 0.333 e. The molecule has 23 heavy (non-hydrogen) atoms. The summed E-state index contributed by atoms with van der Waals surface area (Å²) in [6.45, 7) is 4.17. The lowest BCUT2D eigenvalue weighted by Gasteiger charge is -2.22. The highest BCUT2D eigenvalue weighted by Crippen LogP contribution is 2.26. The Morgan fingerprint density at radius 1 is 1.09 bits per heavy atom. The highest BCUT2D eigenvalue weighted by molar-refractivity contribution is 5.89. The lowest BCUT2D eigenvalue weighted by Crippen LogP contribution is -2.29. The highest BCUT2D eigenvalue weighted by atomic mass is 17.0. The molecule has 8 heteroatoms. The number of carbonyl (C=O) groups is 3. The van der Waals surface area contributed by atoms with E-state index in [0.717, 1.165) is 5.23 Å². The van der Waals surface area contributed by atoms with Crippen molar-refractivity contribution in [3.05, 3.63) is 23.8 Å². The van der Waals surface area contributed by atoms with Crippen molar-refractivity contribution in [2.75, 3.05) is 24.3 Å². The summed E-state index contributed by atoms with van der Waals surface area (Å²) in [7, 11) is 1.55. The molecule has 0 heterocycles. The van der Waals surface area contributed by atoms with Crippen molar-refractivity contribution in [3.63, 3.8) is 0 Å². The molecular formula is C15H20N2O6. The van der Waals surface area contributed by atoms with Crippen LogP contribution in [0.5, 0.6) is 0 Å². The average molecular weight is 324 g/mol. The summed E-state index contributed by atoms with van der Waals surface area (Å²) in [6.07, 6.45) is 0.457. The van der Waals surface area contributed by atoms with E-state index in [1.807, 2.05) is 0 Å². The summed E-state index contributed by atoms with van der Waals surface area (Å²) in [5.74, 6) is -1.50. The van der Waals surface area contributed by atoms with Crippen LogP contribution in [0.2, 0.25) is 0 Å². The normalized spacial score (nSPS) is 9.91. The summed E-state index contributed by atoms with van der Waals surface area (Å²) in [6, 6.07) is 4.87. The first-order valence-electron chi connectivity index (χ1n) is 6.90. The zero-order chi connectivity index (χ0) is 17.4. The van der Waals surface area contributed by atoms with Gasteiger partial charge in [-0.05, 0) is 35.4 Å². The Hall–Kier alpha value is -2.61.